The average molecular weight is 430 g/mol. The molecule has 0 saturated heterocycles. The van der Waals surface area contributed by atoms with Gasteiger partial charge in [-0.3, -0.25) is 4.79 Å². The molecule has 7 nitrogen and oxygen atoms in total. The summed E-state index contributed by atoms with van der Waals surface area (Å²) in [7, 11) is 0. The number of hydrogen-bond acceptors (Lipinski definition) is 6. The minimum absolute atomic E-state index is 0.0714. The number of ether oxygens (including phenoxy) is 1. The van der Waals surface area contributed by atoms with E-state index in [1.807, 2.05) is 26.0 Å². The number of carbonyl (C=O) groups excluding carboxylic acids is 1. The highest BCUT2D eigenvalue weighted by atomic mass is 16.5. The van der Waals surface area contributed by atoms with E-state index >= 15 is 0 Å². The minimum atomic E-state index is -0.654. The van der Waals surface area contributed by atoms with Crippen molar-refractivity contribution in [3.8, 4) is 0 Å². The Morgan fingerprint density at radius 1 is 1.06 bits per heavy atom. The molecule has 0 N–H and O–H groups in total. The fourth-order valence-corrected chi connectivity index (χ4v) is 4.33. The number of aryl methyl sites for hydroxylation is 2. The second-order valence-electron chi connectivity index (χ2n) is 8.38. The van der Waals surface area contributed by atoms with Crippen LogP contribution >= 0.6 is 0 Å². The maximum absolute atomic E-state index is 13.0. The summed E-state index contributed by atoms with van der Waals surface area (Å²) in [5, 5.41) is 5.90. The summed E-state index contributed by atoms with van der Waals surface area (Å²) >= 11 is 0. The standard InChI is InChI=1S/C25H22N2O5/c1-14(2)27-24(29)19-9-4-3-8-18(19)23(26-27)25(30)31-13-17-12-22(28)32-21-11-16-7-5-6-15(16)10-20(17)21/h3-4,8-12,14H,5-7,13H2,1-2H3. The van der Waals surface area contributed by atoms with Crippen molar-refractivity contribution in [1.82, 2.24) is 9.78 Å². The molecule has 162 valence electrons. The molecule has 1 aliphatic rings. The first-order valence-corrected chi connectivity index (χ1v) is 10.7. The Hall–Kier alpha value is -3.74. The molecule has 0 unspecified atom stereocenters. The molecule has 2 aromatic carbocycles. The minimum Gasteiger partial charge on any atom is -0.456 e. The second kappa shape index (κ2) is 7.75. The van der Waals surface area contributed by atoms with Crippen LogP contribution in [0.5, 0.6) is 0 Å². The molecular weight excluding hydrogens is 408 g/mol. The van der Waals surface area contributed by atoms with Gasteiger partial charge >= 0.3 is 11.6 Å². The van der Waals surface area contributed by atoms with Crippen LogP contribution in [0, 0.1) is 0 Å². The first-order chi connectivity index (χ1) is 15.4. The van der Waals surface area contributed by atoms with Gasteiger partial charge in [0.2, 0.25) is 0 Å². The monoisotopic (exact) mass is 430 g/mol. The molecule has 7 heteroatoms. The Labute approximate surface area is 183 Å². The summed E-state index contributed by atoms with van der Waals surface area (Å²) in [6.45, 7) is 3.55. The lowest BCUT2D eigenvalue weighted by Gasteiger charge is -2.13. The molecule has 32 heavy (non-hydrogen) atoms. The Balaban J connectivity index is 1.53. The molecule has 0 radical (unpaired) electrons. The Kier molecular flexibility index (Phi) is 4.89. The van der Waals surface area contributed by atoms with Gasteiger partial charge in [0.1, 0.15) is 12.2 Å². The normalized spacial score (nSPS) is 13.1. The van der Waals surface area contributed by atoms with E-state index in [4.69, 9.17) is 9.15 Å². The number of benzene rings is 2. The molecule has 0 saturated carbocycles. The number of rotatable bonds is 4. The predicted octanol–water partition coefficient (Wildman–Crippen LogP) is 3.93. The van der Waals surface area contributed by atoms with Crippen molar-refractivity contribution in [3.63, 3.8) is 0 Å². The van der Waals surface area contributed by atoms with E-state index < -0.39 is 11.6 Å². The van der Waals surface area contributed by atoms with Crippen molar-refractivity contribution >= 4 is 27.7 Å². The zero-order valence-corrected chi connectivity index (χ0v) is 17.9. The zero-order valence-electron chi connectivity index (χ0n) is 17.9. The number of nitrogens with zero attached hydrogens (tertiary/aromatic N) is 2. The molecule has 0 spiro atoms. The highest BCUT2D eigenvalue weighted by Crippen LogP contribution is 2.29. The zero-order chi connectivity index (χ0) is 22.4. The van der Waals surface area contributed by atoms with Gasteiger partial charge in [-0.25, -0.2) is 14.3 Å². The van der Waals surface area contributed by atoms with E-state index in [1.54, 1.807) is 24.3 Å². The molecule has 0 fully saturated rings. The van der Waals surface area contributed by atoms with Crippen LogP contribution in [0.15, 0.2) is 56.5 Å². The Bertz CT molecular complexity index is 1500. The quantitative estimate of drug-likeness (QED) is 0.360. The van der Waals surface area contributed by atoms with Gasteiger partial charge in [-0.1, -0.05) is 18.2 Å². The fraction of sp³-hybridized carbons (Fsp3) is 0.280. The molecule has 0 bridgehead atoms. The Morgan fingerprint density at radius 3 is 2.53 bits per heavy atom. The summed E-state index contributed by atoms with van der Waals surface area (Å²) in [4.78, 5) is 37.8. The number of aromatic nitrogens is 2. The summed E-state index contributed by atoms with van der Waals surface area (Å²) in [6, 6.07) is 11.9. The van der Waals surface area contributed by atoms with E-state index in [9.17, 15) is 14.4 Å². The summed E-state index contributed by atoms with van der Waals surface area (Å²) < 4.78 is 12.3. The second-order valence-corrected chi connectivity index (χ2v) is 8.38. The maximum atomic E-state index is 13.0. The average Bonchev–Trinajstić information content (AvgIpc) is 3.23. The first kappa shape index (κ1) is 20.2. The van der Waals surface area contributed by atoms with E-state index in [0.29, 0.717) is 21.9 Å². The SMILES string of the molecule is CC(C)n1nc(C(=O)OCc2cc(=O)oc3cc4c(cc23)CCC4)c2ccccc2c1=O. The van der Waals surface area contributed by atoms with Gasteiger partial charge < -0.3 is 9.15 Å². The van der Waals surface area contributed by atoms with Gasteiger partial charge in [-0.2, -0.15) is 5.10 Å². The summed E-state index contributed by atoms with van der Waals surface area (Å²) in [5.74, 6) is -0.654. The van der Waals surface area contributed by atoms with Crippen LogP contribution in [-0.2, 0) is 24.2 Å². The van der Waals surface area contributed by atoms with Crippen molar-refractivity contribution in [2.24, 2.45) is 0 Å². The van der Waals surface area contributed by atoms with Gasteiger partial charge in [-0.05, 0) is 62.4 Å². The number of fused-ring (bicyclic) bond motifs is 3. The van der Waals surface area contributed by atoms with Crippen molar-refractivity contribution in [3.05, 3.63) is 85.6 Å². The summed E-state index contributed by atoms with van der Waals surface area (Å²) in [5.41, 5.74) is 2.84. The fourth-order valence-electron chi connectivity index (χ4n) is 4.33. The summed E-state index contributed by atoms with van der Waals surface area (Å²) in [6.07, 6.45) is 3.03. The van der Waals surface area contributed by atoms with Crippen LogP contribution in [0.2, 0.25) is 0 Å². The van der Waals surface area contributed by atoms with E-state index in [1.165, 1.54) is 21.9 Å². The van der Waals surface area contributed by atoms with Crippen molar-refractivity contribution in [1.29, 1.82) is 0 Å². The van der Waals surface area contributed by atoms with Crippen LogP contribution in [0.4, 0.5) is 0 Å². The van der Waals surface area contributed by atoms with Crippen LogP contribution in [0.3, 0.4) is 0 Å². The van der Waals surface area contributed by atoms with Crippen LogP contribution in [0.25, 0.3) is 21.7 Å². The first-order valence-electron chi connectivity index (χ1n) is 10.7. The highest BCUT2D eigenvalue weighted by molar-refractivity contribution is 6.02. The molecule has 5 rings (SSSR count). The molecule has 4 aromatic rings. The third-order valence-electron chi connectivity index (χ3n) is 5.91. The topological polar surface area (TPSA) is 91.4 Å². The van der Waals surface area contributed by atoms with Gasteiger partial charge in [-0.15, -0.1) is 0 Å². The largest absolute Gasteiger partial charge is 0.456 e. The molecule has 2 aromatic heterocycles. The van der Waals surface area contributed by atoms with Crippen molar-refractivity contribution < 1.29 is 13.9 Å². The number of hydrogen-bond donors (Lipinski definition) is 0. The third-order valence-corrected chi connectivity index (χ3v) is 5.91. The maximum Gasteiger partial charge on any atom is 0.359 e. The number of esters is 1. The molecule has 1 aliphatic carbocycles. The molecule has 0 amide bonds. The van der Waals surface area contributed by atoms with Gasteiger partial charge in [0, 0.05) is 22.4 Å². The van der Waals surface area contributed by atoms with Crippen LogP contribution in [0.1, 0.15) is 53.5 Å². The van der Waals surface area contributed by atoms with Gasteiger partial charge in [0.25, 0.3) is 5.56 Å². The lowest BCUT2D eigenvalue weighted by Crippen LogP contribution is -2.27. The molecule has 0 atom stereocenters. The lowest BCUT2D eigenvalue weighted by atomic mass is 10.0. The van der Waals surface area contributed by atoms with Gasteiger partial charge in [0.15, 0.2) is 5.69 Å². The predicted molar refractivity (Wildman–Crippen MR) is 120 cm³/mol. The van der Waals surface area contributed by atoms with E-state index in [0.717, 1.165) is 24.6 Å². The lowest BCUT2D eigenvalue weighted by molar-refractivity contribution is 0.0466. The highest BCUT2D eigenvalue weighted by Gasteiger charge is 2.20. The van der Waals surface area contributed by atoms with Crippen LogP contribution < -0.4 is 11.2 Å². The van der Waals surface area contributed by atoms with Crippen LogP contribution in [-0.4, -0.2) is 15.7 Å². The van der Waals surface area contributed by atoms with Crippen molar-refractivity contribution in [2.75, 3.05) is 0 Å². The van der Waals surface area contributed by atoms with E-state index in [2.05, 4.69) is 5.10 Å². The Morgan fingerprint density at radius 2 is 1.78 bits per heavy atom. The number of carbonyl (C=O) groups is 1. The molecule has 0 aliphatic heterocycles. The van der Waals surface area contributed by atoms with Gasteiger partial charge in [0.05, 0.1) is 11.4 Å². The van der Waals surface area contributed by atoms with E-state index in [-0.39, 0.29) is 23.9 Å². The van der Waals surface area contributed by atoms with Crippen molar-refractivity contribution in [2.45, 2.75) is 45.8 Å². The third kappa shape index (κ3) is 3.39. The molecule has 2 heterocycles. The molecular formula is C25H22N2O5. The smallest absolute Gasteiger partial charge is 0.359 e.